The van der Waals surface area contributed by atoms with E-state index in [-0.39, 0.29) is 17.2 Å². The Balaban J connectivity index is 1.63. The summed E-state index contributed by atoms with van der Waals surface area (Å²) in [5.74, 6) is -0.827. The van der Waals surface area contributed by atoms with Gasteiger partial charge in [-0.2, -0.15) is 5.10 Å². The van der Waals surface area contributed by atoms with Gasteiger partial charge in [0.05, 0.1) is 4.92 Å². The van der Waals surface area contributed by atoms with Crippen molar-refractivity contribution in [2.24, 2.45) is 0 Å². The largest absolute Gasteiger partial charge is 0.335 e. The van der Waals surface area contributed by atoms with Crippen molar-refractivity contribution < 1.29 is 14.1 Å². The van der Waals surface area contributed by atoms with Gasteiger partial charge >= 0.3 is 5.69 Å². The van der Waals surface area contributed by atoms with Crippen LogP contribution >= 0.6 is 11.6 Å². The van der Waals surface area contributed by atoms with Crippen LogP contribution in [0.15, 0.2) is 24.4 Å². The Morgan fingerprint density at radius 3 is 2.72 bits per heavy atom. The Kier molecular flexibility index (Phi) is 4.95. The number of amides is 1. The molecule has 1 aromatic heterocycles. The van der Waals surface area contributed by atoms with E-state index < -0.39 is 10.8 Å². The third-order valence-electron chi connectivity index (χ3n) is 4.13. The summed E-state index contributed by atoms with van der Waals surface area (Å²) in [4.78, 5) is 26.2. The maximum Gasteiger partial charge on any atom is 0.319 e. The van der Waals surface area contributed by atoms with E-state index in [1.807, 2.05) is 4.90 Å². The third-order valence-corrected chi connectivity index (χ3v) is 4.49. The number of aromatic nitrogens is 2. The SMILES string of the molecule is O=C(c1[nH]ncc1[N+](=O)[O-])N1CCN(Cc2c(F)cccc2Cl)CC1. The molecule has 1 saturated heterocycles. The fourth-order valence-electron chi connectivity index (χ4n) is 2.75. The fourth-order valence-corrected chi connectivity index (χ4v) is 2.97. The maximum atomic E-state index is 13.9. The number of benzene rings is 1. The molecule has 0 atom stereocenters. The molecule has 0 spiro atoms. The van der Waals surface area contributed by atoms with Gasteiger partial charge in [-0.25, -0.2) is 4.39 Å². The Hall–Kier alpha value is -2.52. The highest BCUT2D eigenvalue weighted by Crippen LogP contribution is 2.22. The van der Waals surface area contributed by atoms with E-state index >= 15 is 0 Å². The van der Waals surface area contributed by atoms with Gasteiger partial charge in [0.2, 0.25) is 5.69 Å². The smallest absolute Gasteiger partial charge is 0.319 e. The summed E-state index contributed by atoms with van der Waals surface area (Å²) in [6.45, 7) is 2.12. The highest BCUT2D eigenvalue weighted by Gasteiger charge is 2.29. The number of piperazine rings is 1. The van der Waals surface area contributed by atoms with Crippen molar-refractivity contribution in [2.75, 3.05) is 26.2 Å². The molecule has 1 fully saturated rings. The standard InChI is InChI=1S/C15H15ClFN5O3/c16-11-2-1-3-12(17)10(11)9-20-4-6-21(7-5-20)15(23)14-13(22(24)25)8-18-19-14/h1-3,8H,4-7,9H2,(H,18,19). The number of H-pyrrole nitrogens is 1. The quantitative estimate of drug-likeness (QED) is 0.659. The van der Waals surface area contributed by atoms with Crippen molar-refractivity contribution in [3.8, 4) is 0 Å². The summed E-state index contributed by atoms with van der Waals surface area (Å²) in [5, 5.41) is 17.2. The zero-order chi connectivity index (χ0) is 18.0. The number of halogens is 2. The van der Waals surface area contributed by atoms with E-state index in [1.165, 1.54) is 11.0 Å². The number of nitrogens with one attached hydrogen (secondary N) is 1. The van der Waals surface area contributed by atoms with Crippen LogP contribution in [0.4, 0.5) is 10.1 Å². The molecule has 10 heteroatoms. The molecule has 3 rings (SSSR count). The Morgan fingerprint density at radius 1 is 1.36 bits per heavy atom. The van der Waals surface area contributed by atoms with Gasteiger partial charge in [0, 0.05) is 43.3 Å². The van der Waals surface area contributed by atoms with Crippen molar-refractivity contribution in [1.82, 2.24) is 20.0 Å². The van der Waals surface area contributed by atoms with E-state index in [9.17, 15) is 19.3 Å². The number of hydrogen-bond donors (Lipinski definition) is 1. The molecule has 0 aliphatic carbocycles. The van der Waals surface area contributed by atoms with Gasteiger partial charge in [0.1, 0.15) is 12.0 Å². The minimum absolute atomic E-state index is 0.129. The van der Waals surface area contributed by atoms with Crippen molar-refractivity contribution in [1.29, 1.82) is 0 Å². The van der Waals surface area contributed by atoms with Crippen LogP contribution in [0.2, 0.25) is 5.02 Å². The summed E-state index contributed by atoms with van der Waals surface area (Å²) in [7, 11) is 0. The molecule has 2 heterocycles. The summed E-state index contributed by atoms with van der Waals surface area (Å²) >= 11 is 6.04. The summed E-state index contributed by atoms with van der Waals surface area (Å²) in [6, 6.07) is 4.55. The molecule has 0 unspecified atom stereocenters. The second-order valence-corrected chi connectivity index (χ2v) is 6.06. The first-order chi connectivity index (χ1) is 12.0. The molecule has 8 nitrogen and oxygen atoms in total. The lowest BCUT2D eigenvalue weighted by Gasteiger charge is -2.34. The number of nitrogens with zero attached hydrogens (tertiary/aromatic N) is 4. The predicted molar refractivity (Wildman–Crippen MR) is 87.8 cm³/mol. The molecule has 1 aliphatic rings. The number of aromatic amines is 1. The minimum atomic E-state index is -0.646. The topological polar surface area (TPSA) is 95.4 Å². The molecule has 0 bridgehead atoms. The Labute approximate surface area is 147 Å². The second-order valence-electron chi connectivity index (χ2n) is 5.66. The lowest BCUT2D eigenvalue weighted by atomic mass is 10.1. The summed E-state index contributed by atoms with van der Waals surface area (Å²) < 4.78 is 13.9. The second kappa shape index (κ2) is 7.16. The Morgan fingerprint density at radius 2 is 2.08 bits per heavy atom. The molecule has 132 valence electrons. The number of hydrogen-bond acceptors (Lipinski definition) is 5. The van der Waals surface area contributed by atoms with Gasteiger partial charge in [0.25, 0.3) is 5.91 Å². The molecule has 1 N–H and O–H groups in total. The van der Waals surface area contributed by atoms with E-state index in [0.717, 1.165) is 6.20 Å². The van der Waals surface area contributed by atoms with Gasteiger partial charge in [-0.1, -0.05) is 17.7 Å². The van der Waals surface area contributed by atoms with E-state index in [0.29, 0.717) is 43.3 Å². The number of carbonyl (C=O) groups is 1. The van der Waals surface area contributed by atoms with E-state index in [2.05, 4.69) is 10.2 Å². The molecule has 25 heavy (non-hydrogen) atoms. The molecule has 1 aromatic carbocycles. The maximum absolute atomic E-state index is 13.9. The minimum Gasteiger partial charge on any atom is -0.335 e. The van der Waals surface area contributed by atoms with Gasteiger partial charge < -0.3 is 4.90 Å². The number of nitro groups is 1. The fraction of sp³-hybridized carbons (Fsp3) is 0.333. The monoisotopic (exact) mass is 367 g/mol. The highest BCUT2D eigenvalue weighted by molar-refractivity contribution is 6.31. The van der Waals surface area contributed by atoms with Crippen molar-refractivity contribution in [3.63, 3.8) is 0 Å². The molecule has 1 amide bonds. The van der Waals surface area contributed by atoms with Gasteiger partial charge in [-0.15, -0.1) is 0 Å². The van der Waals surface area contributed by atoms with E-state index in [1.54, 1.807) is 12.1 Å². The molecule has 0 radical (unpaired) electrons. The molecule has 1 aliphatic heterocycles. The van der Waals surface area contributed by atoms with Gasteiger partial charge in [-0.3, -0.25) is 24.9 Å². The normalized spacial score (nSPS) is 15.4. The first-order valence-electron chi connectivity index (χ1n) is 7.59. The lowest BCUT2D eigenvalue weighted by molar-refractivity contribution is -0.385. The van der Waals surface area contributed by atoms with Crippen LogP contribution in [0.1, 0.15) is 16.1 Å². The number of rotatable bonds is 4. The van der Waals surface area contributed by atoms with Crippen molar-refractivity contribution >= 4 is 23.2 Å². The highest BCUT2D eigenvalue weighted by atomic mass is 35.5. The lowest BCUT2D eigenvalue weighted by Crippen LogP contribution is -2.48. The van der Waals surface area contributed by atoms with Crippen LogP contribution in [0, 0.1) is 15.9 Å². The van der Waals surface area contributed by atoms with Crippen LogP contribution < -0.4 is 0 Å². The average Bonchev–Trinajstić information content (AvgIpc) is 3.08. The van der Waals surface area contributed by atoms with Crippen molar-refractivity contribution in [2.45, 2.75) is 6.54 Å². The Bertz CT molecular complexity index is 784. The van der Waals surface area contributed by atoms with Crippen molar-refractivity contribution in [3.05, 3.63) is 56.6 Å². The van der Waals surface area contributed by atoms with E-state index in [4.69, 9.17) is 11.6 Å². The van der Waals surface area contributed by atoms with Gasteiger partial charge in [0.15, 0.2) is 0 Å². The third kappa shape index (κ3) is 3.62. The van der Waals surface area contributed by atoms with Crippen LogP contribution in [0.3, 0.4) is 0 Å². The molecule has 2 aromatic rings. The zero-order valence-electron chi connectivity index (χ0n) is 13.1. The molecular weight excluding hydrogens is 353 g/mol. The predicted octanol–water partition coefficient (Wildman–Crippen LogP) is 2.07. The van der Waals surface area contributed by atoms with Crippen LogP contribution in [-0.4, -0.2) is 57.0 Å². The first-order valence-corrected chi connectivity index (χ1v) is 7.97. The average molecular weight is 368 g/mol. The van der Waals surface area contributed by atoms with Crippen LogP contribution in [0.5, 0.6) is 0 Å². The van der Waals surface area contributed by atoms with Crippen LogP contribution in [-0.2, 0) is 6.54 Å². The number of carbonyl (C=O) groups excluding carboxylic acids is 1. The van der Waals surface area contributed by atoms with Gasteiger partial charge in [-0.05, 0) is 12.1 Å². The summed E-state index contributed by atoms with van der Waals surface area (Å²) in [5.41, 5.74) is -0.0469. The van der Waals surface area contributed by atoms with Crippen LogP contribution in [0.25, 0.3) is 0 Å². The molecule has 0 saturated carbocycles. The zero-order valence-corrected chi connectivity index (χ0v) is 13.9. The molecular formula is C15H15ClFN5O3. The first kappa shape index (κ1) is 17.3. The summed E-state index contributed by atoms with van der Waals surface area (Å²) in [6.07, 6.45) is 1.02.